The number of aromatic nitrogens is 3. The molecule has 30 heavy (non-hydrogen) atoms. The first-order valence-electron chi connectivity index (χ1n) is 8.69. The van der Waals surface area contributed by atoms with Crippen molar-refractivity contribution >= 4 is 40.6 Å². The predicted molar refractivity (Wildman–Crippen MR) is 114 cm³/mol. The number of carbonyl (C=O) groups is 1. The Morgan fingerprint density at radius 2 is 2.03 bits per heavy atom. The Morgan fingerprint density at radius 3 is 2.70 bits per heavy atom. The highest BCUT2D eigenvalue weighted by atomic mass is 35.5. The summed E-state index contributed by atoms with van der Waals surface area (Å²) >= 11 is 6.93. The second-order valence-corrected chi connectivity index (χ2v) is 7.27. The number of hydrogen-bond acceptors (Lipinski definition) is 8. The van der Waals surface area contributed by atoms with Crippen molar-refractivity contribution in [3.8, 4) is 17.1 Å². The number of nitrogens with two attached hydrogens (primary N) is 1. The van der Waals surface area contributed by atoms with E-state index in [2.05, 4.69) is 15.5 Å². The normalized spacial score (nSPS) is 10.6. The number of nitrogens with zero attached hydrogens (tertiary/aromatic N) is 4. The largest absolute Gasteiger partial charge is 0.494 e. The lowest BCUT2D eigenvalue weighted by atomic mass is 10.2. The van der Waals surface area contributed by atoms with Crippen LogP contribution < -0.4 is 15.9 Å². The van der Waals surface area contributed by atoms with E-state index in [1.165, 1.54) is 16.8 Å². The number of rotatable bonds is 8. The molecule has 3 aromatic rings. The summed E-state index contributed by atoms with van der Waals surface area (Å²) in [7, 11) is 0. The van der Waals surface area contributed by atoms with Crippen LogP contribution in [-0.4, -0.2) is 38.1 Å². The van der Waals surface area contributed by atoms with E-state index >= 15 is 0 Å². The molecule has 1 aromatic heterocycles. The van der Waals surface area contributed by atoms with Gasteiger partial charge in [-0.2, -0.15) is 0 Å². The van der Waals surface area contributed by atoms with Gasteiger partial charge in [-0.15, -0.1) is 10.2 Å². The molecule has 0 unspecified atom stereocenters. The summed E-state index contributed by atoms with van der Waals surface area (Å²) in [5, 5.41) is 22.7. The van der Waals surface area contributed by atoms with E-state index in [1.807, 2.05) is 0 Å². The van der Waals surface area contributed by atoms with Gasteiger partial charge in [0.1, 0.15) is 11.4 Å². The highest BCUT2D eigenvalue weighted by Gasteiger charge is 2.19. The average molecular weight is 449 g/mol. The second-order valence-electron chi connectivity index (χ2n) is 5.89. The zero-order valence-corrected chi connectivity index (χ0v) is 17.3. The molecule has 0 fully saturated rings. The molecule has 12 heteroatoms. The number of halogens is 1. The molecule has 0 aliphatic heterocycles. The number of hydrogen-bond donors (Lipinski definition) is 2. The summed E-state index contributed by atoms with van der Waals surface area (Å²) in [4.78, 5) is 23.0. The molecule has 1 amide bonds. The van der Waals surface area contributed by atoms with Crippen molar-refractivity contribution in [2.75, 3.05) is 23.5 Å². The van der Waals surface area contributed by atoms with Gasteiger partial charge in [0.2, 0.25) is 11.1 Å². The van der Waals surface area contributed by atoms with Crippen molar-refractivity contribution in [3.05, 3.63) is 57.6 Å². The van der Waals surface area contributed by atoms with E-state index in [0.717, 1.165) is 17.3 Å². The fraction of sp³-hybridized carbons (Fsp3) is 0.167. The Bertz CT molecular complexity index is 1070. The lowest BCUT2D eigenvalue weighted by Crippen LogP contribution is -2.17. The van der Waals surface area contributed by atoms with Crippen LogP contribution in [0.15, 0.2) is 47.6 Å². The number of ether oxygens (including phenoxy) is 1. The maximum atomic E-state index is 12.3. The standard InChI is InChI=1S/C18H17ClN6O4S/c1-2-29-13-7-8-14(15(9-13)25(27)28)21-16(26)10-30-18-23-22-17(24(18)20)11-3-5-12(19)6-4-11/h3-9H,2,10,20H2,1H3,(H,21,26). The number of nitro benzene ring substituents is 1. The third kappa shape index (κ3) is 4.99. The number of nitro groups is 1. The Balaban J connectivity index is 1.67. The molecule has 1 heterocycles. The predicted octanol–water partition coefficient (Wildman–Crippen LogP) is 3.35. The molecule has 0 aliphatic carbocycles. The molecule has 0 saturated heterocycles. The second kappa shape index (κ2) is 9.46. The van der Waals surface area contributed by atoms with Crippen molar-refractivity contribution in [3.63, 3.8) is 0 Å². The maximum absolute atomic E-state index is 12.3. The fourth-order valence-electron chi connectivity index (χ4n) is 2.51. The SMILES string of the molecule is CCOc1ccc(NC(=O)CSc2nnc(-c3ccc(Cl)cc3)n2N)c([N+](=O)[O-])c1. The third-order valence-electron chi connectivity index (χ3n) is 3.85. The van der Waals surface area contributed by atoms with E-state index in [1.54, 1.807) is 37.3 Å². The molecule has 0 atom stereocenters. The van der Waals surface area contributed by atoms with Gasteiger partial charge in [0, 0.05) is 10.6 Å². The van der Waals surface area contributed by atoms with Crippen LogP contribution >= 0.6 is 23.4 Å². The van der Waals surface area contributed by atoms with Crippen molar-refractivity contribution in [2.45, 2.75) is 12.1 Å². The van der Waals surface area contributed by atoms with Gasteiger partial charge >= 0.3 is 0 Å². The summed E-state index contributed by atoms with van der Waals surface area (Å²) in [6, 6.07) is 11.2. The Kier molecular flexibility index (Phi) is 6.75. The van der Waals surface area contributed by atoms with Crippen LogP contribution in [0.3, 0.4) is 0 Å². The average Bonchev–Trinajstić information content (AvgIpc) is 3.08. The molecule has 156 valence electrons. The molecular weight excluding hydrogens is 432 g/mol. The van der Waals surface area contributed by atoms with E-state index in [-0.39, 0.29) is 17.1 Å². The van der Waals surface area contributed by atoms with Crippen LogP contribution in [0.5, 0.6) is 5.75 Å². The summed E-state index contributed by atoms with van der Waals surface area (Å²) < 4.78 is 6.52. The third-order valence-corrected chi connectivity index (χ3v) is 5.05. The number of nitrogen functional groups attached to an aromatic ring is 1. The van der Waals surface area contributed by atoms with Crippen molar-refractivity contribution in [1.29, 1.82) is 0 Å². The number of anilines is 1. The lowest BCUT2D eigenvalue weighted by molar-refractivity contribution is -0.384. The summed E-state index contributed by atoms with van der Waals surface area (Å²) in [6.07, 6.45) is 0. The van der Waals surface area contributed by atoms with E-state index < -0.39 is 10.8 Å². The molecule has 2 aromatic carbocycles. The monoisotopic (exact) mass is 448 g/mol. The van der Waals surface area contributed by atoms with Crippen LogP contribution in [0.2, 0.25) is 5.02 Å². The van der Waals surface area contributed by atoms with Crippen molar-refractivity contribution < 1.29 is 14.5 Å². The van der Waals surface area contributed by atoms with Gasteiger partial charge in [-0.25, -0.2) is 4.68 Å². The van der Waals surface area contributed by atoms with Crippen LogP contribution in [0, 0.1) is 10.1 Å². The van der Waals surface area contributed by atoms with E-state index in [4.69, 9.17) is 22.2 Å². The minimum atomic E-state index is -0.583. The summed E-state index contributed by atoms with van der Waals surface area (Å²) in [6.45, 7) is 2.14. The van der Waals surface area contributed by atoms with Gasteiger partial charge in [-0.3, -0.25) is 14.9 Å². The van der Waals surface area contributed by atoms with Crippen molar-refractivity contribution in [2.24, 2.45) is 0 Å². The molecule has 0 spiro atoms. The van der Waals surface area contributed by atoms with Gasteiger partial charge < -0.3 is 15.9 Å². The summed E-state index contributed by atoms with van der Waals surface area (Å²) in [5.74, 6) is 6.26. The Hall–Kier alpha value is -3.31. The van der Waals surface area contributed by atoms with Crippen LogP contribution in [0.1, 0.15) is 6.92 Å². The molecule has 0 aliphatic rings. The van der Waals surface area contributed by atoms with Gasteiger partial charge in [0.05, 0.1) is 23.3 Å². The first-order chi connectivity index (χ1) is 14.4. The minimum Gasteiger partial charge on any atom is -0.494 e. The first kappa shape index (κ1) is 21.4. The number of amides is 1. The highest BCUT2D eigenvalue weighted by Crippen LogP contribution is 2.29. The van der Waals surface area contributed by atoms with Gasteiger partial charge in [-0.05, 0) is 43.3 Å². The fourth-order valence-corrected chi connectivity index (χ4v) is 3.29. The molecule has 0 saturated carbocycles. The maximum Gasteiger partial charge on any atom is 0.296 e. The minimum absolute atomic E-state index is 0.0691. The van der Waals surface area contributed by atoms with Gasteiger partial charge in [0.15, 0.2) is 5.82 Å². The lowest BCUT2D eigenvalue weighted by Gasteiger charge is -2.08. The molecule has 10 nitrogen and oxygen atoms in total. The number of nitrogens with one attached hydrogen (secondary N) is 1. The Morgan fingerprint density at radius 1 is 1.30 bits per heavy atom. The van der Waals surface area contributed by atoms with Gasteiger partial charge in [-0.1, -0.05) is 23.4 Å². The molecule has 0 bridgehead atoms. The molecular formula is C18H17ClN6O4S. The van der Waals surface area contributed by atoms with Crippen LogP contribution in [0.4, 0.5) is 11.4 Å². The number of thioether (sulfide) groups is 1. The number of carbonyl (C=O) groups excluding carboxylic acids is 1. The zero-order valence-electron chi connectivity index (χ0n) is 15.7. The van der Waals surface area contributed by atoms with Crippen LogP contribution in [0.25, 0.3) is 11.4 Å². The quantitative estimate of drug-likeness (QED) is 0.231. The zero-order chi connectivity index (χ0) is 21.7. The van der Waals surface area contributed by atoms with E-state index in [0.29, 0.717) is 28.4 Å². The highest BCUT2D eigenvalue weighted by molar-refractivity contribution is 7.99. The molecule has 3 rings (SSSR count). The topological polar surface area (TPSA) is 138 Å². The van der Waals surface area contributed by atoms with Crippen molar-refractivity contribution in [1.82, 2.24) is 14.9 Å². The summed E-state index contributed by atoms with van der Waals surface area (Å²) in [5.41, 5.74) is 0.534. The van der Waals surface area contributed by atoms with Crippen LogP contribution in [-0.2, 0) is 4.79 Å². The molecule has 3 N–H and O–H groups in total. The smallest absolute Gasteiger partial charge is 0.296 e. The number of benzene rings is 2. The van der Waals surface area contributed by atoms with Gasteiger partial charge in [0.25, 0.3) is 5.69 Å². The first-order valence-corrected chi connectivity index (χ1v) is 10.1. The van der Waals surface area contributed by atoms with E-state index in [9.17, 15) is 14.9 Å². The Labute approximate surface area is 180 Å². The molecule has 0 radical (unpaired) electrons.